The van der Waals surface area contributed by atoms with E-state index in [-0.39, 0.29) is 5.56 Å². The average Bonchev–Trinajstić information content (AvgIpc) is 2.57. The van der Waals surface area contributed by atoms with E-state index in [0.29, 0.717) is 11.2 Å². The van der Waals surface area contributed by atoms with E-state index in [0.717, 1.165) is 0 Å². The number of ether oxygens (including phenoxy) is 1. The van der Waals surface area contributed by atoms with E-state index >= 15 is 0 Å². The highest BCUT2D eigenvalue weighted by Gasteiger charge is 2.52. The lowest BCUT2D eigenvalue weighted by atomic mass is 9.76. The summed E-state index contributed by atoms with van der Waals surface area (Å²) in [4.78, 5) is 0. The number of rotatable bonds is 2. The number of hydrogen-bond acceptors (Lipinski definition) is 4. The molecule has 0 bridgehead atoms. The Labute approximate surface area is 118 Å². The molecule has 1 fully saturated rings. The van der Waals surface area contributed by atoms with Gasteiger partial charge in [0.15, 0.2) is 0 Å². The predicted molar refractivity (Wildman–Crippen MR) is 73.4 cm³/mol. The number of nitriles is 1. The zero-order valence-corrected chi connectivity index (χ0v) is 12.3. The third-order valence-electron chi connectivity index (χ3n) is 3.95. The van der Waals surface area contributed by atoms with Crippen molar-refractivity contribution in [1.29, 1.82) is 5.26 Å². The van der Waals surface area contributed by atoms with Crippen LogP contribution in [0.3, 0.4) is 0 Å². The summed E-state index contributed by atoms with van der Waals surface area (Å²) in [6.07, 6.45) is 0. The SMILES string of the molecule is COc1cc(F)c(C#N)c(B2OC(C)(C)C(C)(C)O2)c1. The Morgan fingerprint density at radius 1 is 1.20 bits per heavy atom. The van der Waals surface area contributed by atoms with Crippen molar-refractivity contribution in [2.24, 2.45) is 0 Å². The van der Waals surface area contributed by atoms with Crippen molar-refractivity contribution >= 4 is 12.6 Å². The molecule has 20 heavy (non-hydrogen) atoms. The number of nitrogens with zero attached hydrogens (tertiary/aromatic N) is 1. The Balaban J connectivity index is 2.49. The molecule has 4 nitrogen and oxygen atoms in total. The molecule has 1 aromatic carbocycles. The first-order valence-electron chi connectivity index (χ1n) is 6.35. The predicted octanol–water partition coefficient (Wildman–Crippen LogP) is 2.01. The highest BCUT2D eigenvalue weighted by molar-refractivity contribution is 6.63. The second kappa shape index (κ2) is 4.76. The fourth-order valence-corrected chi connectivity index (χ4v) is 1.99. The van der Waals surface area contributed by atoms with E-state index in [1.165, 1.54) is 13.2 Å². The summed E-state index contributed by atoms with van der Waals surface area (Å²) in [6.45, 7) is 7.59. The summed E-state index contributed by atoms with van der Waals surface area (Å²) in [5, 5.41) is 9.14. The third kappa shape index (κ3) is 2.28. The van der Waals surface area contributed by atoms with Crippen LogP contribution >= 0.6 is 0 Å². The fourth-order valence-electron chi connectivity index (χ4n) is 1.99. The van der Waals surface area contributed by atoms with Crippen LogP contribution in [0.4, 0.5) is 4.39 Å². The first-order valence-corrected chi connectivity index (χ1v) is 6.35. The van der Waals surface area contributed by atoms with Crippen molar-refractivity contribution in [2.75, 3.05) is 7.11 Å². The molecule has 1 aliphatic heterocycles. The maximum Gasteiger partial charge on any atom is 0.496 e. The summed E-state index contributed by atoms with van der Waals surface area (Å²) >= 11 is 0. The smallest absolute Gasteiger partial charge is 0.496 e. The highest BCUT2D eigenvalue weighted by atomic mass is 19.1. The molecule has 0 saturated carbocycles. The van der Waals surface area contributed by atoms with Crippen LogP contribution in [0.2, 0.25) is 0 Å². The molecule has 0 atom stereocenters. The summed E-state index contributed by atoms with van der Waals surface area (Å²) < 4.78 is 30.7. The molecule has 1 aromatic rings. The van der Waals surface area contributed by atoms with E-state index in [9.17, 15) is 4.39 Å². The third-order valence-corrected chi connectivity index (χ3v) is 3.95. The monoisotopic (exact) mass is 277 g/mol. The Kier molecular flexibility index (Phi) is 3.53. The Morgan fingerprint density at radius 3 is 2.20 bits per heavy atom. The Bertz CT molecular complexity index is 565. The van der Waals surface area contributed by atoms with Crippen molar-refractivity contribution < 1.29 is 18.4 Å². The molecule has 0 unspecified atom stereocenters. The zero-order chi connectivity index (χ0) is 15.1. The largest absolute Gasteiger partial charge is 0.497 e. The molecule has 0 N–H and O–H groups in total. The van der Waals surface area contributed by atoms with Crippen LogP contribution in [0.15, 0.2) is 12.1 Å². The lowest BCUT2D eigenvalue weighted by Crippen LogP contribution is -2.41. The topological polar surface area (TPSA) is 51.5 Å². The highest BCUT2D eigenvalue weighted by Crippen LogP contribution is 2.37. The first-order chi connectivity index (χ1) is 9.21. The molecule has 2 rings (SSSR count). The van der Waals surface area contributed by atoms with Crippen molar-refractivity contribution in [3.05, 3.63) is 23.5 Å². The molecule has 1 heterocycles. The van der Waals surface area contributed by atoms with Crippen LogP contribution in [0.1, 0.15) is 33.3 Å². The minimum Gasteiger partial charge on any atom is -0.497 e. The van der Waals surface area contributed by atoms with Gasteiger partial charge >= 0.3 is 7.12 Å². The molecule has 106 valence electrons. The lowest BCUT2D eigenvalue weighted by Gasteiger charge is -2.32. The normalized spacial score (nSPS) is 19.8. The van der Waals surface area contributed by atoms with Crippen molar-refractivity contribution in [3.8, 4) is 11.8 Å². The molecule has 1 aliphatic rings. The first kappa shape index (κ1) is 14.8. The molecule has 0 spiro atoms. The quantitative estimate of drug-likeness (QED) is 0.776. The van der Waals surface area contributed by atoms with Gasteiger partial charge in [-0.15, -0.1) is 0 Å². The van der Waals surface area contributed by atoms with Crippen LogP contribution in [-0.2, 0) is 9.31 Å². The van der Waals surface area contributed by atoms with Gasteiger partial charge in [-0.25, -0.2) is 4.39 Å². The van der Waals surface area contributed by atoms with Gasteiger partial charge in [-0.1, -0.05) is 0 Å². The van der Waals surface area contributed by atoms with Gasteiger partial charge in [-0.05, 0) is 33.8 Å². The Hall–Kier alpha value is -1.58. The molecule has 0 aliphatic carbocycles. The van der Waals surface area contributed by atoms with Gasteiger partial charge in [0.1, 0.15) is 17.6 Å². The number of methoxy groups -OCH3 is 1. The van der Waals surface area contributed by atoms with Crippen LogP contribution in [-0.4, -0.2) is 25.4 Å². The van der Waals surface area contributed by atoms with E-state index in [4.69, 9.17) is 19.3 Å². The van der Waals surface area contributed by atoms with E-state index in [1.807, 2.05) is 33.8 Å². The van der Waals surface area contributed by atoms with E-state index < -0.39 is 24.1 Å². The van der Waals surface area contributed by atoms with Gasteiger partial charge in [0.25, 0.3) is 0 Å². The average molecular weight is 277 g/mol. The number of halogens is 1. The van der Waals surface area contributed by atoms with Crippen LogP contribution in [0.25, 0.3) is 0 Å². The molecule has 0 amide bonds. The van der Waals surface area contributed by atoms with Gasteiger partial charge in [0, 0.05) is 11.5 Å². The van der Waals surface area contributed by atoms with E-state index in [1.54, 1.807) is 6.07 Å². The van der Waals surface area contributed by atoms with Crippen LogP contribution in [0.5, 0.6) is 5.75 Å². The van der Waals surface area contributed by atoms with Crippen molar-refractivity contribution in [2.45, 2.75) is 38.9 Å². The van der Waals surface area contributed by atoms with Gasteiger partial charge in [-0.2, -0.15) is 5.26 Å². The summed E-state index contributed by atoms with van der Waals surface area (Å²) in [5.41, 5.74) is -0.833. The molecule has 1 saturated heterocycles. The second-order valence-corrected chi connectivity index (χ2v) is 5.77. The summed E-state index contributed by atoms with van der Waals surface area (Å²) in [6, 6.07) is 4.60. The minimum atomic E-state index is -0.792. The molecule has 6 heteroatoms. The fraction of sp³-hybridized carbons (Fsp3) is 0.500. The second-order valence-electron chi connectivity index (χ2n) is 5.77. The number of hydrogen-bond donors (Lipinski definition) is 0. The molecule has 0 radical (unpaired) electrons. The zero-order valence-electron chi connectivity index (χ0n) is 12.3. The lowest BCUT2D eigenvalue weighted by molar-refractivity contribution is 0.00578. The number of benzene rings is 1. The van der Waals surface area contributed by atoms with Gasteiger partial charge < -0.3 is 14.0 Å². The van der Waals surface area contributed by atoms with Gasteiger partial charge in [0.2, 0.25) is 0 Å². The van der Waals surface area contributed by atoms with Crippen molar-refractivity contribution in [1.82, 2.24) is 0 Å². The maximum atomic E-state index is 13.9. The van der Waals surface area contributed by atoms with Crippen molar-refractivity contribution in [3.63, 3.8) is 0 Å². The van der Waals surface area contributed by atoms with Gasteiger partial charge in [0.05, 0.1) is 23.9 Å². The maximum absolute atomic E-state index is 13.9. The molecule has 0 aromatic heterocycles. The minimum absolute atomic E-state index is 0.0794. The summed E-state index contributed by atoms with van der Waals surface area (Å²) in [5.74, 6) is -0.317. The standard InChI is InChI=1S/C14H17BFNO3/c1-13(2)14(3,4)20-15(19-13)11-6-9(18-5)7-12(16)10(11)8-17/h6-7H,1-5H3. The molecular formula is C14H17BFNO3. The van der Waals surface area contributed by atoms with E-state index in [2.05, 4.69) is 0 Å². The van der Waals surface area contributed by atoms with Crippen LogP contribution < -0.4 is 10.2 Å². The summed E-state index contributed by atoms with van der Waals surface area (Å²) in [7, 11) is 0.647. The van der Waals surface area contributed by atoms with Crippen LogP contribution in [0, 0.1) is 17.1 Å². The Morgan fingerprint density at radius 2 is 1.75 bits per heavy atom. The van der Waals surface area contributed by atoms with Gasteiger partial charge in [-0.3, -0.25) is 0 Å². The molecular weight excluding hydrogens is 260 g/mol.